The summed E-state index contributed by atoms with van der Waals surface area (Å²) in [5.74, 6) is 0.480. The zero-order valence-electron chi connectivity index (χ0n) is 6.41. The second-order valence-corrected chi connectivity index (χ2v) is 2.65. The van der Waals surface area contributed by atoms with Gasteiger partial charge < -0.3 is 5.11 Å². The largest absolute Gasteiger partial charge is 0.392 e. The summed E-state index contributed by atoms with van der Waals surface area (Å²) >= 11 is 0. The van der Waals surface area contributed by atoms with E-state index < -0.39 is 6.10 Å². The summed E-state index contributed by atoms with van der Waals surface area (Å²) in [6, 6.07) is 1.92. The van der Waals surface area contributed by atoms with E-state index in [1.165, 1.54) is 0 Å². The van der Waals surface area contributed by atoms with Crippen LogP contribution in [0.5, 0.6) is 0 Å². The molecule has 1 unspecified atom stereocenters. The van der Waals surface area contributed by atoms with Crippen molar-refractivity contribution in [3.63, 3.8) is 0 Å². The summed E-state index contributed by atoms with van der Waals surface area (Å²) in [7, 11) is 0. The Hall–Kier alpha value is 0.0344. The van der Waals surface area contributed by atoms with Crippen LogP contribution in [0.15, 0.2) is 0 Å². The van der Waals surface area contributed by atoms with Crippen molar-refractivity contribution in [2.45, 2.75) is 32.8 Å². The van der Waals surface area contributed by atoms with Gasteiger partial charge in [-0.3, -0.25) is 0 Å². The first-order valence-electron chi connectivity index (χ1n) is 3.21. The zero-order valence-corrected chi connectivity index (χ0v) is 7.81. The van der Waals surface area contributed by atoms with Crippen LogP contribution >= 0.6 is 0 Å². The molecular formula is C7H13NOV. The Balaban J connectivity index is 0. The summed E-state index contributed by atoms with van der Waals surface area (Å²) in [4.78, 5) is 0. The van der Waals surface area contributed by atoms with Gasteiger partial charge in [-0.05, 0) is 12.3 Å². The molecular weight excluding hydrogens is 165 g/mol. The maximum absolute atomic E-state index is 9.00. The predicted molar refractivity (Wildman–Crippen MR) is 35.7 cm³/mol. The molecule has 57 valence electrons. The molecule has 0 heterocycles. The van der Waals surface area contributed by atoms with Crippen LogP contribution in [0, 0.1) is 17.2 Å². The van der Waals surface area contributed by atoms with Crippen molar-refractivity contribution in [1.82, 2.24) is 0 Å². The van der Waals surface area contributed by atoms with Crippen LogP contribution in [-0.2, 0) is 18.6 Å². The first kappa shape index (κ1) is 12.7. The standard InChI is InChI=1S/C7H13NO.V/c1-6(2)5-7(9)3-4-8;/h6-7,9H,3,5H2,1-2H3;. The summed E-state index contributed by atoms with van der Waals surface area (Å²) in [5, 5.41) is 17.1. The number of hydrogen-bond donors (Lipinski definition) is 1. The van der Waals surface area contributed by atoms with Gasteiger partial charge in [0, 0.05) is 18.6 Å². The molecule has 3 heteroatoms. The molecule has 1 N–H and O–H groups in total. The van der Waals surface area contributed by atoms with Crippen LogP contribution in [0.2, 0.25) is 0 Å². The molecule has 0 aliphatic rings. The zero-order chi connectivity index (χ0) is 7.28. The number of aliphatic hydroxyl groups excluding tert-OH is 1. The van der Waals surface area contributed by atoms with Gasteiger partial charge in [-0.25, -0.2) is 0 Å². The van der Waals surface area contributed by atoms with E-state index in [1.807, 2.05) is 19.9 Å². The molecule has 0 saturated heterocycles. The van der Waals surface area contributed by atoms with Gasteiger partial charge in [0.25, 0.3) is 0 Å². The minimum Gasteiger partial charge on any atom is -0.392 e. The van der Waals surface area contributed by atoms with Crippen LogP contribution in [0.3, 0.4) is 0 Å². The monoisotopic (exact) mass is 178 g/mol. The fraction of sp³-hybridized carbons (Fsp3) is 0.857. The third-order valence-corrected chi connectivity index (χ3v) is 1.07. The van der Waals surface area contributed by atoms with Crippen molar-refractivity contribution < 1.29 is 23.7 Å². The number of rotatable bonds is 3. The van der Waals surface area contributed by atoms with Crippen molar-refractivity contribution >= 4 is 0 Å². The van der Waals surface area contributed by atoms with Crippen LogP contribution in [0.25, 0.3) is 0 Å². The molecule has 0 aromatic carbocycles. The number of nitriles is 1. The van der Waals surface area contributed by atoms with Gasteiger partial charge in [-0.2, -0.15) is 5.26 Å². The molecule has 0 saturated carbocycles. The third kappa shape index (κ3) is 8.03. The Morgan fingerprint density at radius 1 is 1.50 bits per heavy atom. The topological polar surface area (TPSA) is 44.0 Å². The van der Waals surface area contributed by atoms with E-state index in [2.05, 4.69) is 0 Å². The van der Waals surface area contributed by atoms with E-state index in [-0.39, 0.29) is 25.0 Å². The van der Waals surface area contributed by atoms with Gasteiger partial charge in [-0.15, -0.1) is 0 Å². The van der Waals surface area contributed by atoms with Crippen molar-refractivity contribution in [1.29, 1.82) is 5.26 Å². The molecule has 1 atom stereocenters. The number of nitrogens with zero attached hydrogens (tertiary/aromatic N) is 1. The minimum absolute atomic E-state index is 0. The van der Waals surface area contributed by atoms with Crippen LogP contribution in [-0.4, -0.2) is 11.2 Å². The molecule has 10 heavy (non-hydrogen) atoms. The Morgan fingerprint density at radius 3 is 2.30 bits per heavy atom. The molecule has 0 bridgehead atoms. The molecule has 0 rings (SSSR count). The van der Waals surface area contributed by atoms with Crippen LogP contribution in [0.1, 0.15) is 26.7 Å². The first-order valence-corrected chi connectivity index (χ1v) is 3.21. The second-order valence-electron chi connectivity index (χ2n) is 2.65. The predicted octanol–water partition coefficient (Wildman–Crippen LogP) is 1.30. The molecule has 0 amide bonds. The second kappa shape index (κ2) is 7.15. The smallest absolute Gasteiger partial charge is 0.0672 e. The maximum atomic E-state index is 9.00. The first-order chi connectivity index (χ1) is 4.16. The molecule has 0 aromatic heterocycles. The fourth-order valence-corrected chi connectivity index (χ4v) is 0.733. The van der Waals surface area contributed by atoms with Gasteiger partial charge in [-0.1, -0.05) is 13.8 Å². The van der Waals surface area contributed by atoms with E-state index in [1.54, 1.807) is 0 Å². The van der Waals surface area contributed by atoms with Gasteiger partial charge in [0.1, 0.15) is 0 Å². The van der Waals surface area contributed by atoms with E-state index in [0.29, 0.717) is 5.92 Å². The minimum atomic E-state index is -0.421. The quantitative estimate of drug-likeness (QED) is 0.707. The number of hydrogen-bond acceptors (Lipinski definition) is 2. The Labute approximate surface area is 74.1 Å². The van der Waals surface area contributed by atoms with Gasteiger partial charge >= 0.3 is 0 Å². The Bertz CT molecular complexity index is 109. The van der Waals surface area contributed by atoms with E-state index in [4.69, 9.17) is 10.4 Å². The average molecular weight is 178 g/mol. The van der Waals surface area contributed by atoms with Crippen molar-refractivity contribution in [2.75, 3.05) is 0 Å². The van der Waals surface area contributed by atoms with Gasteiger partial charge in [0.05, 0.1) is 18.6 Å². The van der Waals surface area contributed by atoms with Gasteiger partial charge in [0.2, 0.25) is 0 Å². The third-order valence-electron chi connectivity index (χ3n) is 1.07. The summed E-state index contributed by atoms with van der Waals surface area (Å²) in [6.07, 6.45) is 0.571. The van der Waals surface area contributed by atoms with Crippen molar-refractivity contribution in [2.24, 2.45) is 5.92 Å². The Morgan fingerprint density at radius 2 is 2.00 bits per heavy atom. The van der Waals surface area contributed by atoms with Crippen molar-refractivity contribution in [3.8, 4) is 6.07 Å². The van der Waals surface area contributed by atoms with E-state index in [0.717, 1.165) is 6.42 Å². The van der Waals surface area contributed by atoms with Crippen LogP contribution in [0.4, 0.5) is 0 Å². The van der Waals surface area contributed by atoms with Gasteiger partial charge in [0.15, 0.2) is 0 Å². The molecule has 0 aliphatic heterocycles. The number of aliphatic hydroxyl groups is 1. The Kier molecular flexibility index (Phi) is 9.07. The average Bonchev–Trinajstić information content (AvgIpc) is 1.63. The van der Waals surface area contributed by atoms with Crippen molar-refractivity contribution in [3.05, 3.63) is 0 Å². The molecule has 0 aliphatic carbocycles. The van der Waals surface area contributed by atoms with Crippen LogP contribution < -0.4 is 0 Å². The maximum Gasteiger partial charge on any atom is 0.0672 e. The molecule has 2 nitrogen and oxygen atoms in total. The SMILES string of the molecule is CC(C)CC(O)CC#N.[V]. The van der Waals surface area contributed by atoms with E-state index in [9.17, 15) is 0 Å². The summed E-state index contributed by atoms with van der Waals surface area (Å²) in [5.41, 5.74) is 0. The normalized spacial score (nSPS) is 11.9. The summed E-state index contributed by atoms with van der Waals surface area (Å²) < 4.78 is 0. The molecule has 0 aromatic rings. The fourth-order valence-electron chi connectivity index (χ4n) is 0.733. The summed E-state index contributed by atoms with van der Waals surface area (Å²) in [6.45, 7) is 4.06. The molecule has 0 fully saturated rings. The molecule has 0 spiro atoms. The molecule has 1 radical (unpaired) electrons. The van der Waals surface area contributed by atoms with E-state index >= 15 is 0 Å².